The molecule has 1 aliphatic heterocycles. The fourth-order valence-electron chi connectivity index (χ4n) is 3.36. The molecule has 26 heavy (non-hydrogen) atoms. The van der Waals surface area contributed by atoms with Crippen LogP contribution in [-0.4, -0.2) is 44.8 Å². The van der Waals surface area contributed by atoms with Crippen LogP contribution in [-0.2, 0) is 18.3 Å². The van der Waals surface area contributed by atoms with Crippen molar-refractivity contribution in [1.29, 1.82) is 0 Å². The van der Waals surface area contributed by atoms with Gasteiger partial charge in [-0.25, -0.2) is 4.79 Å². The van der Waals surface area contributed by atoms with E-state index in [0.717, 1.165) is 21.4 Å². The van der Waals surface area contributed by atoms with E-state index in [1.165, 1.54) is 0 Å². The Balaban J connectivity index is 1.50. The van der Waals surface area contributed by atoms with Crippen LogP contribution in [0.1, 0.15) is 16.1 Å². The molecule has 132 valence electrons. The number of aryl methyl sites for hydroxylation is 1. The van der Waals surface area contributed by atoms with E-state index in [9.17, 15) is 14.4 Å². The number of carbonyl (C=O) groups is 3. The minimum Gasteiger partial charge on any atom is -0.361 e. The van der Waals surface area contributed by atoms with Gasteiger partial charge in [0, 0.05) is 36.8 Å². The van der Waals surface area contributed by atoms with Crippen LogP contribution in [0.25, 0.3) is 10.9 Å². The van der Waals surface area contributed by atoms with Gasteiger partial charge in [0.2, 0.25) is 0 Å². The molecule has 2 aromatic heterocycles. The number of amides is 3. The van der Waals surface area contributed by atoms with Gasteiger partial charge in [0.25, 0.3) is 5.91 Å². The number of ketones is 1. The highest BCUT2D eigenvalue weighted by Crippen LogP contribution is 2.21. The van der Waals surface area contributed by atoms with Gasteiger partial charge in [-0.15, -0.1) is 0 Å². The first-order valence-electron chi connectivity index (χ1n) is 8.36. The first-order valence-corrected chi connectivity index (χ1v) is 8.36. The highest BCUT2D eigenvalue weighted by atomic mass is 16.2. The van der Waals surface area contributed by atoms with Crippen LogP contribution < -0.4 is 5.32 Å². The average Bonchev–Trinajstić information content (AvgIpc) is 3.30. The lowest BCUT2D eigenvalue weighted by Crippen LogP contribution is -2.37. The minimum absolute atomic E-state index is 0.257. The standard InChI is InChI=1S/C19H18N4O3/c1-22-8-4-7-16(22)17(24)11-23-18(25)15(21-19(23)26)9-12-10-20-14-6-3-2-5-13(12)14/h2-8,10,15,20H,9,11H2,1H3,(H,21,26). The number of imide groups is 1. The maximum Gasteiger partial charge on any atom is 0.325 e. The maximum absolute atomic E-state index is 12.6. The van der Waals surface area contributed by atoms with Crippen molar-refractivity contribution in [2.75, 3.05) is 6.54 Å². The third-order valence-corrected chi connectivity index (χ3v) is 4.74. The van der Waals surface area contributed by atoms with Crippen LogP contribution in [0.3, 0.4) is 0 Å². The topological polar surface area (TPSA) is 87.2 Å². The predicted octanol–water partition coefficient (Wildman–Crippen LogP) is 1.85. The highest BCUT2D eigenvalue weighted by Gasteiger charge is 2.39. The Kier molecular flexibility index (Phi) is 3.84. The van der Waals surface area contributed by atoms with Gasteiger partial charge in [-0.05, 0) is 23.8 Å². The van der Waals surface area contributed by atoms with E-state index in [2.05, 4.69) is 10.3 Å². The molecular formula is C19H18N4O3. The molecule has 3 heterocycles. The van der Waals surface area contributed by atoms with E-state index in [4.69, 9.17) is 0 Å². The summed E-state index contributed by atoms with van der Waals surface area (Å²) in [6, 6.07) is 10.0. The lowest BCUT2D eigenvalue weighted by Gasteiger charge is -2.12. The third kappa shape index (κ3) is 2.67. The molecule has 4 rings (SSSR count). The van der Waals surface area contributed by atoms with Crippen LogP contribution in [0.2, 0.25) is 0 Å². The molecule has 1 aliphatic rings. The van der Waals surface area contributed by atoms with Crippen molar-refractivity contribution in [2.24, 2.45) is 7.05 Å². The summed E-state index contributed by atoms with van der Waals surface area (Å²) in [5, 5.41) is 3.71. The number of H-pyrrole nitrogens is 1. The van der Waals surface area contributed by atoms with Crippen molar-refractivity contribution in [3.8, 4) is 0 Å². The largest absolute Gasteiger partial charge is 0.361 e. The molecule has 3 amide bonds. The number of hydrogen-bond acceptors (Lipinski definition) is 3. The van der Waals surface area contributed by atoms with Crippen molar-refractivity contribution >= 4 is 28.6 Å². The molecule has 1 unspecified atom stereocenters. The van der Waals surface area contributed by atoms with E-state index in [-0.39, 0.29) is 18.2 Å². The summed E-state index contributed by atoms with van der Waals surface area (Å²) in [5.41, 5.74) is 2.40. The number of rotatable bonds is 5. The Morgan fingerprint density at radius 2 is 1.96 bits per heavy atom. The number of para-hydroxylation sites is 1. The third-order valence-electron chi connectivity index (χ3n) is 4.74. The van der Waals surface area contributed by atoms with E-state index < -0.39 is 12.1 Å². The normalized spacial score (nSPS) is 17.1. The van der Waals surface area contributed by atoms with E-state index in [0.29, 0.717) is 12.1 Å². The number of urea groups is 1. The van der Waals surface area contributed by atoms with Gasteiger partial charge in [0.05, 0.1) is 12.2 Å². The van der Waals surface area contributed by atoms with Crippen LogP contribution in [0.4, 0.5) is 4.79 Å². The Bertz CT molecular complexity index is 1020. The number of aromatic amines is 1. The molecular weight excluding hydrogens is 332 g/mol. The molecule has 0 radical (unpaired) electrons. The van der Waals surface area contributed by atoms with Gasteiger partial charge >= 0.3 is 6.03 Å². The van der Waals surface area contributed by atoms with Gasteiger partial charge in [-0.1, -0.05) is 18.2 Å². The Hall–Kier alpha value is -3.35. The van der Waals surface area contributed by atoms with Crippen LogP contribution >= 0.6 is 0 Å². The molecule has 1 aromatic carbocycles. The molecule has 1 fully saturated rings. The van der Waals surface area contributed by atoms with Crippen LogP contribution in [0.15, 0.2) is 48.8 Å². The van der Waals surface area contributed by atoms with Crippen molar-refractivity contribution in [2.45, 2.75) is 12.5 Å². The second-order valence-corrected chi connectivity index (χ2v) is 6.42. The molecule has 1 atom stereocenters. The number of fused-ring (bicyclic) bond motifs is 1. The summed E-state index contributed by atoms with van der Waals surface area (Å²) in [6.45, 7) is -0.257. The Morgan fingerprint density at radius 3 is 2.73 bits per heavy atom. The van der Waals surface area contributed by atoms with Gasteiger partial charge in [-0.2, -0.15) is 0 Å². The summed E-state index contributed by atoms with van der Waals surface area (Å²) in [6.07, 6.45) is 3.98. The highest BCUT2D eigenvalue weighted by molar-refractivity contribution is 6.09. The van der Waals surface area contributed by atoms with Gasteiger partial charge in [0.15, 0.2) is 5.78 Å². The predicted molar refractivity (Wildman–Crippen MR) is 95.8 cm³/mol. The average molecular weight is 350 g/mol. The van der Waals surface area contributed by atoms with E-state index >= 15 is 0 Å². The second kappa shape index (κ2) is 6.18. The number of carbonyl (C=O) groups excluding carboxylic acids is 3. The molecule has 0 aliphatic carbocycles. The lowest BCUT2D eigenvalue weighted by atomic mass is 10.1. The molecule has 1 saturated heterocycles. The zero-order valence-corrected chi connectivity index (χ0v) is 14.2. The molecule has 3 aromatic rings. The SMILES string of the molecule is Cn1cccc1C(=O)CN1C(=O)NC(Cc2c[nH]c3ccccc23)C1=O. The van der Waals surface area contributed by atoms with Crippen molar-refractivity contribution < 1.29 is 14.4 Å². The first-order chi connectivity index (χ1) is 12.5. The molecule has 2 N–H and O–H groups in total. The summed E-state index contributed by atoms with van der Waals surface area (Å²) >= 11 is 0. The summed E-state index contributed by atoms with van der Waals surface area (Å²) in [4.78, 5) is 41.4. The molecule has 0 saturated carbocycles. The van der Waals surface area contributed by atoms with Gasteiger partial charge in [-0.3, -0.25) is 14.5 Å². The fourth-order valence-corrected chi connectivity index (χ4v) is 3.36. The van der Waals surface area contributed by atoms with Gasteiger partial charge < -0.3 is 14.9 Å². The zero-order valence-electron chi connectivity index (χ0n) is 14.2. The van der Waals surface area contributed by atoms with Crippen molar-refractivity contribution in [3.05, 3.63) is 60.0 Å². The zero-order chi connectivity index (χ0) is 18.3. The molecule has 7 nitrogen and oxygen atoms in total. The van der Waals surface area contributed by atoms with Gasteiger partial charge in [0.1, 0.15) is 6.04 Å². The fraction of sp³-hybridized carbons (Fsp3) is 0.211. The number of hydrogen-bond donors (Lipinski definition) is 2. The van der Waals surface area contributed by atoms with Crippen LogP contribution in [0, 0.1) is 0 Å². The maximum atomic E-state index is 12.6. The van der Waals surface area contributed by atoms with Crippen molar-refractivity contribution in [1.82, 2.24) is 19.8 Å². The quantitative estimate of drug-likeness (QED) is 0.544. The summed E-state index contributed by atoms with van der Waals surface area (Å²) < 4.78 is 1.67. The smallest absolute Gasteiger partial charge is 0.325 e. The lowest BCUT2D eigenvalue weighted by molar-refractivity contribution is -0.127. The van der Waals surface area contributed by atoms with E-state index in [1.54, 1.807) is 29.9 Å². The minimum atomic E-state index is -0.664. The molecule has 0 spiro atoms. The number of aromatic nitrogens is 2. The van der Waals surface area contributed by atoms with Crippen LogP contribution in [0.5, 0.6) is 0 Å². The molecule has 0 bridgehead atoms. The molecule has 7 heteroatoms. The number of Topliss-reactive ketones (excluding diaryl/α,β-unsaturated/α-hetero) is 1. The Morgan fingerprint density at radius 1 is 1.15 bits per heavy atom. The number of benzene rings is 1. The van der Waals surface area contributed by atoms with E-state index in [1.807, 2.05) is 30.5 Å². The van der Waals surface area contributed by atoms with Crippen molar-refractivity contribution in [3.63, 3.8) is 0 Å². The summed E-state index contributed by atoms with van der Waals surface area (Å²) in [7, 11) is 1.75. The number of nitrogens with one attached hydrogen (secondary N) is 2. The number of nitrogens with zero attached hydrogens (tertiary/aromatic N) is 2. The monoisotopic (exact) mass is 350 g/mol. The summed E-state index contributed by atoms with van der Waals surface area (Å²) in [5.74, 6) is -0.642. The first kappa shape index (κ1) is 16.1. The second-order valence-electron chi connectivity index (χ2n) is 6.42. The Labute approximate surface area is 149 Å².